The van der Waals surface area contributed by atoms with Gasteiger partial charge in [-0.05, 0) is 18.2 Å². The molecule has 0 bridgehead atoms. The van der Waals surface area contributed by atoms with E-state index in [1.165, 1.54) is 18.2 Å². The summed E-state index contributed by atoms with van der Waals surface area (Å²) in [7, 11) is 0. The number of aromatic nitrogens is 1. The molecule has 26 heavy (non-hydrogen) atoms. The van der Waals surface area contributed by atoms with E-state index in [4.69, 9.17) is 11.6 Å². The summed E-state index contributed by atoms with van der Waals surface area (Å²) in [6, 6.07) is 6.51. The van der Waals surface area contributed by atoms with Crippen molar-refractivity contribution in [1.29, 1.82) is 0 Å². The number of amides is 1. The molecule has 9 heteroatoms. The molecule has 2 aromatic rings. The average molecular weight is 388 g/mol. The van der Waals surface area contributed by atoms with Crippen LogP contribution in [-0.4, -0.2) is 30.5 Å². The Labute approximate surface area is 151 Å². The van der Waals surface area contributed by atoms with Gasteiger partial charge in [0.2, 0.25) is 0 Å². The Morgan fingerprint density at radius 1 is 1.31 bits per heavy atom. The third-order valence-corrected chi connectivity index (χ3v) is 4.35. The van der Waals surface area contributed by atoms with Crippen LogP contribution in [0.25, 0.3) is 0 Å². The van der Waals surface area contributed by atoms with E-state index < -0.39 is 23.5 Å². The lowest BCUT2D eigenvalue weighted by Crippen LogP contribution is -2.52. The van der Waals surface area contributed by atoms with Crippen LogP contribution in [0.15, 0.2) is 36.5 Å². The largest absolute Gasteiger partial charge is 0.417 e. The summed E-state index contributed by atoms with van der Waals surface area (Å²) in [5.74, 6) is -0.754. The molecule has 2 heterocycles. The second-order valence-corrected chi connectivity index (χ2v) is 6.40. The van der Waals surface area contributed by atoms with Crippen molar-refractivity contribution in [3.05, 3.63) is 58.5 Å². The highest BCUT2D eigenvalue weighted by molar-refractivity contribution is 6.33. The summed E-state index contributed by atoms with van der Waals surface area (Å²) >= 11 is 5.90. The molecule has 3 rings (SSSR count). The first kappa shape index (κ1) is 18.4. The second kappa shape index (κ2) is 7.11. The minimum Gasteiger partial charge on any atom is -0.355 e. The summed E-state index contributed by atoms with van der Waals surface area (Å²) in [6.45, 7) is 1.28. The van der Waals surface area contributed by atoms with Gasteiger partial charge >= 0.3 is 6.18 Å². The number of hydrogen-bond donors (Lipinski definition) is 1. The summed E-state index contributed by atoms with van der Waals surface area (Å²) in [5.41, 5.74) is -0.934. The highest BCUT2D eigenvalue weighted by atomic mass is 35.5. The zero-order chi connectivity index (χ0) is 18.9. The van der Waals surface area contributed by atoms with Gasteiger partial charge in [-0.25, -0.2) is 9.37 Å². The molecule has 0 radical (unpaired) electrons. The Kier molecular flexibility index (Phi) is 5.04. The van der Waals surface area contributed by atoms with Gasteiger partial charge in [0.25, 0.3) is 5.91 Å². The van der Waals surface area contributed by atoms with Crippen LogP contribution in [0.5, 0.6) is 0 Å². The van der Waals surface area contributed by atoms with Crippen molar-refractivity contribution in [2.75, 3.05) is 24.5 Å². The van der Waals surface area contributed by atoms with Crippen molar-refractivity contribution in [1.82, 2.24) is 10.3 Å². The number of nitrogens with zero attached hydrogens (tertiary/aromatic N) is 2. The fraction of sp³-hybridized carbons (Fsp3) is 0.294. The summed E-state index contributed by atoms with van der Waals surface area (Å²) in [6.07, 6.45) is -3.75. The molecule has 0 spiro atoms. The van der Waals surface area contributed by atoms with Gasteiger partial charge in [0, 0.05) is 31.7 Å². The first-order valence-corrected chi connectivity index (χ1v) is 8.14. The number of halogens is 5. The minimum atomic E-state index is -4.50. The summed E-state index contributed by atoms with van der Waals surface area (Å²) < 4.78 is 51.4. The number of carbonyl (C=O) groups excluding carboxylic acids is 1. The van der Waals surface area contributed by atoms with Crippen LogP contribution in [0.2, 0.25) is 5.02 Å². The molecule has 1 amide bonds. The Bertz CT molecular complexity index is 822. The van der Waals surface area contributed by atoms with Gasteiger partial charge in [0.15, 0.2) is 0 Å². The standard InChI is InChI=1S/C17H14ClF4N3O/c18-13-5-11(17(20,21)22)7-23-15(13)25-8-10(9-25)6-24-16(26)12-3-1-2-4-14(12)19/h1-5,7,10H,6,8-9H2,(H,24,26). The van der Waals surface area contributed by atoms with Crippen LogP contribution in [0.3, 0.4) is 0 Å². The molecule has 1 saturated heterocycles. The van der Waals surface area contributed by atoms with E-state index in [1.807, 2.05) is 0 Å². The molecular formula is C17H14ClF4N3O. The lowest BCUT2D eigenvalue weighted by Gasteiger charge is -2.40. The van der Waals surface area contributed by atoms with Crippen LogP contribution < -0.4 is 10.2 Å². The average Bonchev–Trinajstić information content (AvgIpc) is 2.53. The van der Waals surface area contributed by atoms with Gasteiger partial charge in [-0.15, -0.1) is 0 Å². The maximum atomic E-state index is 13.5. The van der Waals surface area contributed by atoms with Crippen molar-refractivity contribution in [2.24, 2.45) is 5.92 Å². The zero-order valence-corrected chi connectivity index (χ0v) is 14.1. The molecule has 0 atom stereocenters. The Morgan fingerprint density at radius 3 is 2.62 bits per heavy atom. The topological polar surface area (TPSA) is 45.2 Å². The minimum absolute atomic E-state index is 0.0314. The van der Waals surface area contributed by atoms with Gasteiger partial charge in [-0.1, -0.05) is 23.7 Å². The van der Waals surface area contributed by atoms with E-state index in [0.29, 0.717) is 19.6 Å². The molecule has 0 unspecified atom stereocenters. The maximum absolute atomic E-state index is 13.5. The van der Waals surface area contributed by atoms with Gasteiger partial charge in [-0.3, -0.25) is 4.79 Å². The van der Waals surface area contributed by atoms with E-state index >= 15 is 0 Å². The molecule has 4 nitrogen and oxygen atoms in total. The quantitative estimate of drug-likeness (QED) is 0.812. The van der Waals surface area contributed by atoms with E-state index in [0.717, 1.165) is 12.3 Å². The van der Waals surface area contributed by atoms with Gasteiger partial charge in [0.1, 0.15) is 11.6 Å². The lowest BCUT2D eigenvalue weighted by molar-refractivity contribution is -0.137. The number of nitrogens with one attached hydrogen (secondary N) is 1. The number of alkyl halides is 3. The van der Waals surface area contributed by atoms with Crippen molar-refractivity contribution in [2.45, 2.75) is 6.18 Å². The Morgan fingerprint density at radius 2 is 2.00 bits per heavy atom. The highest BCUT2D eigenvalue weighted by Crippen LogP contribution is 2.35. The molecule has 1 aliphatic heterocycles. The third-order valence-electron chi connectivity index (χ3n) is 4.08. The molecule has 0 aliphatic carbocycles. The number of rotatable bonds is 4. The first-order valence-electron chi connectivity index (χ1n) is 7.76. The Hall–Kier alpha value is -2.35. The molecule has 1 fully saturated rings. The van der Waals surface area contributed by atoms with Crippen molar-refractivity contribution < 1.29 is 22.4 Å². The van der Waals surface area contributed by atoms with E-state index in [2.05, 4.69) is 10.3 Å². The SMILES string of the molecule is O=C(NCC1CN(c2ncc(C(F)(F)F)cc2Cl)C1)c1ccccc1F. The van der Waals surface area contributed by atoms with Gasteiger partial charge < -0.3 is 10.2 Å². The molecule has 0 saturated carbocycles. The Balaban J connectivity index is 1.53. The van der Waals surface area contributed by atoms with Crippen molar-refractivity contribution >= 4 is 23.3 Å². The molecular weight excluding hydrogens is 374 g/mol. The third kappa shape index (κ3) is 3.90. The van der Waals surface area contributed by atoms with E-state index in [9.17, 15) is 22.4 Å². The van der Waals surface area contributed by atoms with Crippen LogP contribution in [0.4, 0.5) is 23.4 Å². The number of carbonyl (C=O) groups is 1. The van der Waals surface area contributed by atoms with E-state index in [-0.39, 0.29) is 22.3 Å². The smallest absolute Gasteiger partial charge is 0.355 e. The number of anilines is 1. The van der Waals surface area contributed by atoms with Gasteiger partial charge in [0.05, 0.1) is 16.1 Å². The van der Waals surface area contributed by atoms with Crippen LogP contribution in [0, 0.1) is 11.7 Å². The predicted octanol–water partition coefficient (Wildman–Crippen LogP) is 3.76. The van der Waals surface area contributed by atoms with Crippen LogP contribution >= 0.6 is 11.6 Å². The monoisotopic (exact) mass is 387 g/mol. The van der Waals surface area contributed by atoms with Crippen LogP contribution in [0.1, 0.15) is 15.9 Å². The predicted molar refractivity (Wildman–Crippen MR) is 88.7 cm³/mol. The highest BCUT2D eigenvalue weighted by Gasteiger charge is 2.34. The van der Waals surface area contributed by atoms with E-state index in [1.54, 1.807) is 11.0 Å². The zero-order valence-electron chi connectivity index (χ0n) is 13.4. The molecule has 1 N–H and O–H groups in total. The number of pyridine rings is 1. The molecule has 1 aromatic carbocycles. The van der Waals surface area contributed by atoms with Gasteiger partial charge in [-0.2, -0.15) is 13.2 Å². The normalized spacial score (nSPS) is 14.9. The fourth-order valence-corrected chi connectivity index (χ4v) is 2.95. The lowest BCUT2D eigenvalue weighted by atomic mass is 10.00. The maximum Gasteiger partial charge on any atom is 0.417 e. The number of benzene rings is 1. The molecule has 1 aromatic heterocycles. The second-order valence-electron chi connectivity index (χ2n) is 5.99. The van der Waals surface area contributed by atoms with Crippen molar-refractivity contribution in [3.8, 4) is 0 Å². The summed E-state index contributed by atoms with van der Waals surface area (Å²) in [4.78, 5) is 17.5. The van der Waals surface area contributed by atoms with Crippen molar-refractivity contribution in [3.63, 3.8) is 0 Å². The summed E-state index contributed by atoms with van der Waals surface area (Å²) in [5, 5.41) is 2.57. The fourth-order valence-electron chi connectivity index (χ4n) is 2.67. The molecule has 1 aliphatic rings. The first-order chi connectivity index (χ1) is 12.3. The molecule has 138 valence electrons. The number of hydrogen-bond acceptors (Lipinski definition) is 3. The van der Waals surface area contributed by atoms with Crippen LogP contribution in [-0.2, 0) is 6.18 Å².